The first kappa shape index (κ1) is 18.5. The summed E-state index contributed by atoms with van der Waals surface area (Å²) in [6.45, 7) is 8.31. The van der Waals surface area contributed by atoms with Gasteiger partial charge in [0.2, 0.25) is 0 Å². The lowest BCUT2D eigenvalue weighted by Gasteiger charge is -2.00. The van der Waals surface area contributed by atoms with Crippen LogP contribution in [-0.2, 0) is 14.3 Å². The second kappa shape index (κ2) is 15.1. The Bertz CT molecular complexity index is 184. The fraction of sp³-hybridized carbons (Fsp3) is 0.857. The molecule has 0 spiro atoms. The average molecular weight is 244 g/mol. The van der Waals surface area contributed by atoms with Gasteiger partial charge < -0.3 is 9.53 Å². The van der Waals surface area contributed by atoms with Crippen LogP contribution >= 0.6 is 0 Å². The van der Waals surface area contributed by atoms with Crippen molar-refractivity contribution in [2.45, 2.75) is 72.6 Å². The molecule has 3 heteroatoms. The maximum absolute atomic E-state index is 10.7. The predicted molar refractivity (Wildman–Crippen MR) is 71.0 cm³/mol. The second-order valence-electron chi connectivity index (χ2n) is 4.13. The number of Topliss-reactive ketones (excluding diaryl/α,β-unsaturated/α-hetero) is 1. The van der Waals surface area contributed by atoms with Crippen molar-refractivity contribution in [2.24, 2.45) is 0 Å². The highest BCUT2D eigenvalue weighted by Crippen LogP contribution is 1.95. The summed E-state index contributed by atoms with van der Waals surface area (Å²) in [7, 11) is 0. The number of unbranched alkanes of at least 4 members (excludes halogenated alkanes) is 3. The van der Waals surface area contributed by atoms with Gasteiger partial charge in [0, 0.05) is 6.42 Å². The topological polar surface area (TPSA) is 43.4 Å². The molecule has 3 nitrogen and oxygen atoms in total. The van der Waals surface area contributed by atoms with Crippen LogP contribution in [0.2, 0.25) is 0 Å². The lowest BCUT2D eigenvalue weighted by atomic mass is 10.2. The molecule has 102 valence electrons. The maximum Gasteiger partial charge on any atom is 0.306 e. The molecule has 0 N–H and O–H groups in total. The predicted octanol–water partition coefficient (Wildman–Crippen LogP) is 3.90. The molecule has 0 aliphatic heterocycles. The van der Waals surface area contributed by atoms with Gasteiger partial charge in [-0.1, -0.05) is 46.5 Å². The van der Waals surface area contributed by atoms with Gasteiger partial charge in [0.05, 0.1) is 13.0 Å². The lowest BCUT2D eigenvalue weighted by molar-refractivity contribution is -0.144. The largest absolute Gasteiger partial charge is 0.466 e. The van der Waals surface area contributed by atoms with Crippen LogP contribution in [0.5, 0.6) is 0 Å². The van der Waals surface area contributed by atoms with Crippen molar-refractivity contribution >= 4 is 11.8 Å². The number of rotatable bonds is 8. The van der Waals surface area contributed by atoms with E-state index in [1.54, 1.807) is 0 Å². The zero-order chi connectivity index (χ0) is 13.5. The lowest BCUT2D eigenvalue weighted by Crippen LogP contribution is -2.06. The highest BCUT2D eigenvalue weighted by Gasteiger charge is 2.02. The molecule has 0 aromatic heterocycles. The first-order chi connectivity index (χ1) is 8.08. The Kier molecular flexibility index (Phi) is 16.5. The number of ketones is 1. The van der Waals surface area contributed by atoms with Crippen molar-refractivity contribution in [2.75, 3.05) is 6.61 Å². The SMILES string of the molecule is CCCCCC.CCCOC(=O)CCC(C)=O. The van der Waals surface area contributed by atoms with Crippen molar-refractivity contribution < 1.29 is 14.3 Å². The minimum atomic E-state index is -0.276. The molecule has 0 aromatic rings. The van der Waals surface area contributed by atoms with Crippen molar-refractivity contribution in [1.29, 1.82) is 0 Å². The molecular formula is C14H28O3. The summed E-state index contributed by atoms with van der Waals surface area (Å²) in [5, 5.41) is 0. The van der Waals surface area contributed by atoms with E-state index in [4.69, 9.17) is 4.74 Å². The van der Waals surface area contributed by atoms with Crippen LogP contribution in [-0.4, -0.2) is 18.4 Å². The zero-order valence-corrected chi connectivity index (χ0v) is 11.9. The van der Waals surface area contributed by atoms with Gasteiger partial charge in [-0.05, 0) is 13.3 Å². The molecule has 0 atom stereocenters. The molecule has 0 unspecified atom stereocenters. The molecule has 0 aromatic carbocycles. The second-order valence-corrected chi connectivity index (χ2v) is 4.13. The van der Waals surface area contributed by atoms with Gasteiger partial charge in [0.1, 0.15) is 5.78 Å². The maximum atomic E-state index is 10.7. The summed E-state index contributed by atoms with van der Waals surface area (Å²) in [6, 6.07) is 0. The first-order valence-corrected chi connectivity index (χ1v) is 6.73. The molecule has 0 aliphatic rings. The third kappa shape index (κ3) is 21.1. The minimum Gasteiger partial charge on any atom is -0.466 e. The van der Waals surface area contributed by atoms with Crippen LogP contribution < -0.4 is 0 Å². The Morgan fingerprint density at radius 1 is 0.882 bits per heavy atom. The van der Waals surface area contributed by atoms with E-state index in [1.807, 2.05) is 6.92 Å². The minimum absolute atomic E-state index is 0.0263. The highest BCUT2D eigenvalue weighted by molar-refractivity contribution is 5.80. The number of carbonyl (C=O) groups excluding carboxylic acids is 2. The molecule has 17 heavy (non-hydrogen) atoms. The van der Waals surface area contributed by atoms with Gasteiger partial charge in [-0.3, -0.25) is 4.79 Å². The molecule has 0 amide bonds. The van der Waals surface area contributed by atoms with Crippen LogP contribution in [0.3, 0.4) is 0 Å². The summed E-state index contributed by atoms with van der Waals surface area (Å²) in [5.74, 6) is -0.250. The Labute approximate surface area is 106 Å². The van der Waals surface area contributed by atoms with Crippen molar-refractivity contribution in [3.8, 4) is 0 Å². The summed E-state index contributed by atoms with van der Waals surface area (Å²) in [4.78, 5) is 21.1. The van der Waals surface area contributed by atoms with Crippen LogP contribution in [0.25, 0.3) is 0 Å². The van der Waals surface area contributed by atoms with Gasteiger partial charge in [-0.2, -0.15) is 0 Å². The zero-order valence-electron chi connectivity index (χ0n) is 11.9. The monoisotopic (exact) mass is 244 g/mol. The van der Waals surface area contributed by atoms with E-state index >= 15 is 0 Å². The fourth-order valence-electron chi connectivity index (χ4n) is 1.07. The van der Waals surface area contributed by atoms with Gasteiger partial charge in [-0.15, -0.1) is 0 Å². The van der Waals surface area contributed by atoms with Crippen LogP contribution in [0.15, 0.2) is 0 Å². The van der Waals surface area contributed by atoms with Crippen molar-refractivity contribution in [3.05, 3.63) is 0 Å². The molecule has 0 saturated heterocycles. The van der Waals surface area contributed by atoms with Crippen LogP contribution in [0.4, 0.5) is 0 Å². The van der Waals surface area contributed by atoms with Gasteiger partial charge in [0.25, 0.3) is 0 Å². The number of esters is 1. The number of ether oxygens (including phenoxy) is 1. The summed E-state index contributed by atoms with van der Waals surface area (Å²) in [5.41, 5.74) is 0. The van der Waals surface area contributed by atoms with Crippen LogP contribution in [0, 0.1) is 0 Å². The molecule has 0 saturated carbocycles. The van der Waals surface area contributed by atoms with Gasteiger partial charge >= 0.3 is 5.97 Å². The van der Waals surface area contributed by atoms with E-state index < -0.39 is 0 Å². The normalized spacial score (nSPS) is 9.18. The highest BCUT2D eigenvalue weighted by atomic mass is 16.5. The van der Waals surface area contributed by atoms with E-state index in [0.717, 1.165) is 6.42 Å². The summed E-state index contributed by atoms with van der Waals surface area (Å²) >= 11 is 0. The first-order valence-electron chi connectivity index (χ1n) is 6.73. The van der Waals surface area contributed by atoms with Crippen LogP contribution in [0.1, 0.15) is 72.6 Å². The summed E-state index contributed by atoms with van der Waals surface area (Å²) in [6.07, 6.45) is 6.87. The summed E-state index contributed by atoms with van der Waals surface area (Å²) < 4.78 is 4.75. The van der Waals surface area contributed by atoms with E-state index in [0.29, 0.717) is 13.0 Å². The Balaban J connectivity index is 0. The Hall–Kier alpha value is -0.860. The fourth-order valence-corrected chi connectivity index (χ4v) is 1.07. The van der Waals surface area contributed by atoms with E-state index in [2.05, 4.69) is 13.8 Å². The molecule has 0 radical (unpaired) electrons. The Morgan fingerprint density at radius 2 is 1.41 bits per heavy atom. The van der Waals surface area contributed by atoms with Crippen molar-refractivity contribution in [1.82, 2.24) is 0 Å². The molecule has 0 heterocycles. The number of carbonyl (C=O) groups is 2. The molecule has 0 bridgehead atoms. The molecule has 0 fully saturated rings. The standard InChI is InChI=1S/C8H14O3.C6H14/c1-3-6-11-8(10)5-4-7(2)9;1-3-5-6-4-2/h3-6H2,1-2H3;3-6H2,1-2H3. The van der Waals surface area contributed by atoms with E-state index in [1.165, 1.54) is 32.6 Å². The van der Waals surface area contributed by atoms with Crippen molar-refractivity contribution in [3.63, 3.8) is 0 Å². The average Bonchev–Trinajstić information content (AvgIpc) is 2.32. The molecule has 0 aliphatic carbocycles. The van der Waals surface area contributed by atoms with E-state index in [9.17, 15) is 9.59 Å². The third-order valence-electron chi connectivity index (χ3n) is 2.11. The van der Waals surface area contributed by atoms with E-state index in [-0.39, 0.29) is 18.2 Å². The quantitative estimate of drug-likeness (QED) is 0.480. The van der Waals surface area contributed by atoms with Gasteiger partial charge in [-0.25, -0.2) is 0 Å². The number of hydrogen-bond acceptors (Lipinski definition) is 3. The third-order valence-corrected chi connectivity index (χ3v) is 2.11. The molecule has 0 rings (SSSR count). The van der Waals surface area contributed by atoms with Gasteiger partial charge in [0.15, 0.2) is 0 Å². The smallest absolute Gasteiger partial charge is 0.306 e. The molecular weight excluding hydrogens is 216 g/mol. The number of hydrogen-bond donors (Lipinski definition) is 0. The Morgan fingerprint density at radius 3 is 1.76 bits per heavy atom.